The Bertz CT molecular complexity index is 1250. The lowest BCUT2D eigenvalue weighted by Crippen LogP contribution is -2.30. The maximum atomic E-state index is 12.4. The van der Waals surface area contributed by atoms with Crippen LogP contribution in [0.4, 0.5) is 5.82 Å². The number of benzene rings is 1. The number of aliphatic carboxylic acids is 1. The number of pyridine rings is 1. The third-order valence-electron chi connectivity index (χ3n) is 5.75. The summed E-state index contributed by atoms with van der Waals surface area (Å²) in [5.41, 5.74) is 5.55. The monoisotopic (exact) mass is 508 g/mol. The molecule has 4 rings (SSSR count). The number of anilines is 1. The number of carboxylic acid groups (broad SMARTS) is 1. The van der Waals surface area contributed by atoms with Gasteiger partial charge in [-0.15, -0.1) is 0 Å². The van der Waals surface area contributed by atoms with Crippen molar-refractivity contribution in [2.75, 3.05) is 25.5 Å². The first-order valence-corrected chi connectivity index (χ1v) is 12.0. The Morgan fingerprint density at radius 2 is 1.95 bits per heavy atom. The third kappa shape index (κ3) is 7.45. The Balaban J connectivity index is 0.000000222. The van der Waals surface area contributed by atoms with E-state index >= 15 is 0 Å². The fraction of sp³-hybridized carbons (Fsp3) is 0.346. The highest BCUT2D eigenvalue weighted by atomic mass is 16.6. The predicted octanol–water partition coefficient (Wildman–Crippen LogP) is 1.95. The van der Waals surface area contributed by atoms with Crippen molar-refractivity contribution >= 4 is 17.7 Å². The summed E-state index contributed by atoms with van der Waals surface area (Å²) in [6.45, 7) is 3.55. The van der Waals surface area contributed by atoms with Gasteiger partial charge >= 0.3 is 5.97 Å². The third-order valence-corrected chi connectivity index (χ3v) is 5.75. The first kappa shape index (κ1) is 27.5. The van der Waals surface area contributed by atoms with Crippen molar-refractivity contribution in [2.24, 2.45) is 0 Å². The van der Waals surface area contributed by atoms with Crippen molar-refractivity contribution in [3.63, 3.8) is 0 Å². The molecule has 1 aliphatic heterocycles. The number of nitrogens with one attached hydrogen (secondary N) is 3. The van der Waals surface area contributed by atoms with E-state index in [0.717, 1.165) is 11.3 Å². The summed E-state index contributed by atoms with van der Waals surface area (Å²) in [5, 5.41) is 14.9. The van der Waals surface area contributed by atoms with Crippen LogP contribution < -0.4 is 21.7 Å². The standard InChI is InChI=1S/C15H16N4O3.C11H16N2O2/c20-14-13(17-8-6-10-3-1-2-7-16-10)18-9-11-4-5-12(15(21)22)19(11)14;1-3-12-11(14)10-7-5-4-6-9(10)8-13-15-2/h1-3,7,9,12H,4-6,8H2,(H,17,18)(H,21,22);4-7,13H,3,8H2,1-2H3,(H,12,14). The quantitative estimate of drug-likeness (QED) is 0.302. The number of carboxylic acids is 1. The molecule has 0 saturated carbocycles. The summed E-state index contributed by atoms with van der Waals surface area (Å²) in [6, 6.07) is 12.3. The molecule has 3 heterocycles. The van der Waals surface area contributed by atoms with Gasteiger partial charge in [-0.2, -0.15) is 5.48 Å². The Morgan fingerprint density at radius 3 is 2.65 bits per heavy atom. The van der Waals surface area contributed by atoms with Crippen LogP contribution in [0.2, 0.25) is 0 Å². The van der Waals surface area contributed by atoms with E-state index in [2.05, 4.69) is 26.1 Å². The number of amides is 1. The van der Waals surface area contributed by atoms with Gasteiger partial charge in [0.1, 0.15) is 6.04 Å². The van der Waals surface area contributed by atoms with Gasteiger partial charge in [0.15, 0.2) is 5.82 Å². The molecule has 1 atom stereocenters. The number of nitrogens with zero attached hydrogens (tertiary/aromatic N) is 3. The van der Waals surface area contributed by atoms with Crippen molar-refractivity contribution in [1.29, 1.82) is 0 Å². The molecule has 196 valence electrons. The number of carbonyl (C=O) groups excluding carboxylic acids is 1. The number of rotatable bonds is 10. The van der Waals surface area contributed by atoms with E-state index in [9.17, 15) is 19.5 Å². The largest absolute Gasteiger partial charge is 0.480 e. The van der Waals surface area contributed by atoms with Crippen LogP contribution >= 0.6 is 0 Å². The van der Waals surface area contributed by atoms with Crippen LogP contribution in [0, 0.1) is 0 Å². The van der Waals surface area contributed by atoms with E-state index in [1.54, 1.807) is 25.6 Å². The van der Waals surface area contributed by atoms with Crippen LogP contribution in [0.3, 0.4) is 0 Å². The Labute approximate surface area is 214 Å². The second-order valence-corrected chi connectivity index (χ2v) is 8.21. The van der Waals surface area contributed by atoms with Gasteiger partial charge in [-0.25, -0.2) is 9.78 Å². The van der Waals surface area contributed by atoms with Crippen LogP contribution in [0.5, 0.6) is 0 Å². The molecule has 1 amide bonds. The van der Waals surface area contributed by atoms with Crippen LogP contribution in [0.15, 0.2) is 59.7 Å². The molecule has 0 bridgehead atoms. The van der Waals surface area contributed by atoms with Gasteiger partial charge < -0.3 is 20.6 Å². The highest BCUT2D eigenvalue weighted by Crippen LogP contribution is 2.23. The molecule has 1 aliphatic rings. The molecule has 2 aromatic heterocycles. The molecule has 1 unspecified atom stereocenters. The lowest BCUT2D eigenvalue weighted by Gasteiger charge is -2.12. The number of hydrogen-bond acceptors (Lipinski definition) is 8. The molecule has 0 fully saturated rings. The highest BCUT2D eigenvalue weighted by Gasteiger charge is 2.30. The zero-order valence-electron chi connectivity index (χ0n) is 20.9. The molecule has 0 saturated heterocycles. The van der Waals surface area contributed by atoms with Crippen molar-refractivity contribution in [3.8, 4) is 0 Å². The number of aryl methyl sites for hydroxylation is 1. The van der Waals surface area contributed by atoms with Crippen molar-refractivity contribution in [3.05, 3.63) is 87.7 Å². The van der Waals surface area contributed by atoms with Crippen LogP contribution in [-0.4, -0.2) is 51.7 Å². The maximum absolute atomic E-state index is 12.4. The van der Waals surface area contributed by atoms with Crippen LogP contribution in [0.1, 0.15) is 46.7 Å². The van der Waals surface area contributed by atoms with E-state index in [-0.39, 0.29) is 17.3 Å². The van der Waals surface area contributed by atoms with Crippen molar-refractivity contribution in [2.45, 2.75) is 38.8 Å². The summed E-state index contributed by atoms with van der Waals surface area (Å²) < 4.78 is 1.33. The van der Waals surface area contributed by atoms with Crippen LogP contribution in [-0.2, 0) is 29.0 Å². The Hall–Kier alpha value is -4.09. The van der Waals surface area contributed by atoms with Crippen molar-refractivity contribution in [1.82, 2.24) is 25.3 Å². The lowest BCUT2D eigenvalue weighted by molar-refractivity contribution is -0.140. The summed E-state index contributed by atoms with van der Waals surface area (Å²) in [4.78, 5) is 48.3. The smallest absolute Gasteiger partial charge is 0.326 e. The normalized spacial score (nSPS) is 13.7. The first-order valence-electron chi connectivity index (χ1n) is 12.0. The van der Waals surface area contributed by atoms with E-state index < -0.39 is 12.0 Å². The average Bonchev–Trinajstić information content (AvgIpc) is 3.36. The number of fused-ring (bicyclic) bond motifs is 1. The molecular formula is C26H32N6O5. The number of hydroxylamine groups is 1. The highest BCUT2D eigenvalue weighted by molar-refractivity contribution is 5.95. The molecule has 1 aromatic carbocycles. The van der Waals surface area contributed by atoms with E-state index in [1.807, 2.05) is 43.3 Å². The molecular weight excluding hydrogens is 476 g/mol. The minimum absolute atomic E-state index is 0.0500. The van der Waals surface area contributed by atoms with Gasteiger partial charge in [-0.05, 0) is 43.5 Å². The molecule has 0 radical (unpaired) electrons. The van der Waals surface area contributed by atoms with Gasteiger partial charge in [0.25, 0.3) is 11.5 Å². The second-order valence-electron chi connectivity index (χ2n) is 8.21. The number of carbonyl (C=O) groups is 2. The topological polar surface area (TPSA) is 147 Å². The molecule has 4 N–H and O–H groups in total. The first-order chi connectivity index (χ1) is 18.0. The number of hydrogen-bond donors (Lipinski definition) is 4. The van der Waals surface area contributed by atoms with Gasteiger partial charge in [0, 0.05) is 55.4 Å². The molecule has 3 aromatic rings. The summed E-state index contributed by atoms with van der Waals surface area (Å²) in [5.74, 6) is -0.842. The SMILES string of the molecule is CCNC(=O)c1ccccc1CNOC.O=C(O)C1CCc2cnc(NCCc3ccccn3)c(=O)n21. The summed E-state index contributed by atoms with van der Waals surface area (Å²) >= 11 is 0. The fourth-order valence-electron chi connectivity index (χ4n) is 3.95. The second kappa shape index (κ2) is 13.9. The van der Waals surface area contributed by atoms with Gasteiger partial charge in [0.05, 0.1) is 7.11 Å². The zero-order chi connectivity index (χ0) is 26.6. The van der Waals surface area contributed by atoms with Gasteiger partial charge in [-0.3, -0.25) is 19.1 Å². The molecule has 11 heteroatoms. The molecule has 37 heavy (non-hydrogen) atoms. The summed E-state index contributed by atoms with van der Waals surface area (Å²) in [6.07, 6.45) is 4.95. The zero-order valence-corrected chi connectivity index (χ0v) is 20.9. The minimum atomic E-state index is -0.980. The minimum Gasteiger partial charge on any atom is -0.480 e. The van der Waals surface area contributed by atoms with E-state index in [0.29, 0.717) is 50.2 Å². The van der Waals surface area contributed by atoms with Crippen LogP contribution in [0.25, 0.3) is 0 Å². The predicted molar refractivity (Wildman–Crippen MR) is 138 cm³/mol. The lowest BCUT2D eigenvalue weighted by atomic mass is 10.1. The van der Waals surface area contributed by atoms with Crippen molar-refractivity contribution < 1.29 is 19.5 Å². The maximum Gasteiger partial charge on any atom is 0.326 e. The average molecular weight is 509 g/mol. The van der Waals surface area contributed by atoms with Gasteiger partial charge in [-0.1, -0.05) is 24.3 Å². The van der Waals surface area contributed by atoms with E-state index in [1.165, 1.54) is 4.57 Å². The fourth-order valence-corrected chi connectivity index (χ4v) is 3.95. The molecule has 0 aliphatic carbocycles. The molecule has 0 spiro atoms. The van der Waals surface area contributed by atoms with E-state index in [4.69, 9.17) is 4.84 Å². The Morgan fingerprint density at radius 1 is 1.16 bits per heavy atom. The van der Waals surface area contributed by atoms with Gasteiger partial charge in [0.2, 0.25) is 0 Å². The summed E-state index contributed by atoms with van der Waals surface area (Å²) in [7, 11) is 1.55. The molecule has 11 nitrogen and oxygen atoms in total. The Kier molecular flexibility index (Phi) is 10.3. The number of aromatic nitrogens is 3.